The molecule has 0 atom stereocenters. The topological polar surface area (TPSA) is 97.2 Å². The molecule has 1 aliphatic rings. The van der Waals surface area contributed by atoms with Gasteiger partial charge in [-0.2, -0.15) is 4.98 Å². The summed E-state index contributed by atoms with van der Waals surface area (Å²) in [5.74, 6) is 0.864. The summed E-state index contributed by atoms with van der Waals surface area (Å²) in [6.07, 6.45) is 4.04. The summed E-state index contributed by atoms with van der Waals surface area (Å²) in [5, 5.41) is 13.4. The standard InChI is InChI=1S/C27H23FN4O3S2/c1-15-24-21(17(13-33)12-29-15)11-22-26(35-24)31-25(16-6-8-18(28)9-7-16)32-27(22)37-14-23(34)30-19-4-3-5-20(10-19)36-2/h3-10,12,33H,11,13-14H2,1-2H3,(H,30,34). The van der Waals surface area contributed by atoms with Gasteiger partial charge in [0.1, 0.15) is 10.8 Å². The van der Waals surface area contributed by atoms with E-state index < -0.39 is 0 Å². The molecular formula is C27H23FN4O3S2. The lowest BCUT2D eigenvalue weighted by atomic mass is 9.99. The van der Waals surface area contributed by atoms with Crippen LogP contribution in [0.4, 0.5) is 10.1 Å². The fourth-order valence-corrected chi connectivity index (χ4v) is 5.26. The zero-order valence-electron chi connectivity index (χ0n) is 20.1. The maximum Gasteiger partial charge on any atom is 0.234 e. The van der Waals surface area contributed by atoms with Gasteiger partial charge in [0.15, 0.2) is 11.6 Å². The van der Waals surface area contributed by atoms with Crippen molar-refractivity contribution < 1.29 is 19.0 Å². The Balaban J connectivity index is 1.47. The number of hydrogen-bond acceptors (Lipinski definition) is 8. The number of amides is 1. The molecule has 4 aromatic rings. The maximum absolute atomic E-state index is 13.5. The van der Waals surface area contributed by atoms with Crippen LogP contribution in [0.3, 0.4) is 0 Å². The normalized spacial score (nSPS) is 11.9. The van der Waals surface area contributed by atoms with Gasteiger partial charge in [-0.25, -0.2) is 9.37 Å². The number of thioether (sulfide) groups is 2. The summed E-state index contributed by atoms with van der Waals surface area (Å²) in [6.45, 7) is 1.65. The highest BCUT2D eigenvalue weighted by molar-refractivity contribution is 8.00. The monoisotopic (exact) mass is 534 g/mol. The van der Waals surface area contributed by atoms with E-state index in [4.69, 9.17) is 9.72 Å². The molecule has 1 aliphatic heterocycles. The molecule has 0 aliphatic carbocycles. The van der Waals surface area contributed by atoms with Crippen molar-refractivity contribution in [2.24, 2.45) is 0 Å². The van der Waals surface area contributed by atoms with Gasteiger partial charge in [0, 0.05) is 39.9 Å². The third-order valence-electron chi connectivity index (χ3n) is 5.85. The first-order valence-corrected chi connectivity index (χ1v) is 13.7. The van der Waals surface area contributed by atoms with E-state index in [1.807, 2.05) is 37.4 Å². The van der Waals surface area contributed by atoms with Crippen molar-refractivity contribution >= 4 is 35.1 Å². The Kier molecular flexibility index (Phi) is 7.40. The predicted octanol–water partition coefficient (Wildman–Crippen LogP) is 5.63. The number of anilines is 1. The maximum atomic E-state index is 13.5. The van der Waals surface area contributed by atoms with Crippen LogP contribution < -0.4 is 10.1 Å². The Hall–Kier alpha value is -3.47. The van der Waals surface area contributed by atoms with Gasteiger partial charge in [0.05, 0.1) is 23.6 Å². The number of aliphatic hydroxyl groups excluding tert-OH is 1. The van der Waals surface area contributed by atoms with Crippen molar-refractivity contribution in [1.29, 1.82) is 0 Å². The van der Waals surface area contributed by atoms with Crippen molar-refractivity contribution in [3.63, 3.8) is 0 Å². The SMILES string of the molecule is CSc1cccc(NC(=O)CSc2nc(-c3ccc(F)cc3)nc3c2Cc2c(CO)cnc(C)c2O3)c1. The van der Waals surface area contributed by atoms with Crippen LogP contribution in [0.15, 0.2) is 64.6 Å². The third-order valence-corrected chi connectivity index (χ3v) is 7.60. The fourth-order valence-electron chi connectivity index (χ4n) is 3.97. The molecule has 0 bridgehead atoms. The molecule has 1 amide bonds. The number of aryl methyl sites for hydroxylation is 1. The van der Waals surface area contributed by atoms with Crippen molar-refractivity contribution in [2.45, 2.75) is 29.9 Å². The molecule has 5 rings (SSSR count). The summed E-state index contributed by atoms with van der Waals surface area (Å²) in [7, 11) is 0. The number of ether oxygens (including phenoxy) is 1. The van der Waals surface area contributed by atoms with Crippen molar-refractivity contribution in [3.05, 3.63) is 82.9 Å². The number of benzene rings is 2. The molecule has 2 aromatic carbocycles. The Morgan fingerprint density at radius 2 is 1.97 bits per heavy atom. The first-order chi connectivity index (χ1) is 17.9. The number of halogens is 1. The predicted molar refractivity (Wildman–Crippen MR) is 143 cm³/mol. The lowest BCUT2D eigenvalue weighted by Crippen LogP contribution is -2.16. The number of aromatic nitrogens is 3. The molecule has 0 spiro atoms. The number of hydrogen-bond donors (Lipinski definition) is 2. The van der Waals surface area contributed by atoms with Crippen LogP contribution in [0, 0.1) is 12.7 Å². The van der Waals surface area contributed by atoms with Crippen molar-refractivity contribution in [3.8, 4) is 23.0 Å². The number of aliphatic hydroxyl groups is 1. The number of rotatable bonds is 7. The minimum atomic E-state index is -0.359. The third kappa shape index (κ3) is 5.46. The van der Waals surface area contributed by atoms with Crippen LogP contribution in [-0.2, 0) is 17.8 Å². The number of pyridine rings is 1. The van der Waals surface area contributed by atoms with Crippen LogP contribution in [0.25, 0.3) is 11.4 Å². The zero-order chi connectivity index (χ0) is 25.9. The Labute approximate surface area is 221 Å². The number of nitrogens with zero attached hydrogens (tertiary/aromatic N) is 3. The number of carbonyl (C=O) groups is 1. The van der Waals surface area contributed by atoms with Crippen molar-refractivity contribution in [1.82, 2.24) is 15.0 Å². The molecule has 2 aromatic heterocycles. The van der Waals surface area contributed by atoms with Crippen LogP contribution >= 0.6 is 23.5 Å². The average Bonchev–Trinajstić information content (AvgIpc) is 2.91. The Morgan fingerprint density at radius 3 is 2.73 bits per heavy atom. The molecule has 2 N–H and O–H groups in total. The van der Waals surface area contributed by atoms with E-state index in [9.17, 15) is 14.3 Å². The zero-order valence-corrected chi connectivity index (χ0v) is 21.8. The quantitative estimate of drug-likeness (QED) is 0.205. The van der Waals surface area contributed by atoms with Gasteiger partial charge >= 0.3 is 0 Å². The summed E-state index contributed by atoms with van der Waals surface area (Å²) in [5.41, 5.74) is 4.23. The summed E-state index contributed by atoms with van der Waals surface area (Å²) < 4.78 is 19.7. The fraction of sp³-hybridized carbons (Fsp3) is 0.185. The highest BCUT2D eigenvalue weighted by Gasteiger charge is 2.28. The van der Waals surface area contributed by atoms with Gasteiger partial charge in [-0.05, 0) is 55.6 Å². The smallest absolute Gasteiger partial charge is 0.234 e. The van der Waals surface area contributed by atoms with E-state index in [1.165, 1.54) is 23.9 Å². The lowest BCUT2D eigenvalue weighted by Gasteiger charge is -2.24. The lowest BCUT2D eigenvalue weighted by molar-refractivity contribution is -0.113. The number of nitrogens with one attached hydrogen (secondary N) is 1. The Bertz CT molecular complexity index is 1480. The van der Waals surface area contributed by atoms with E-state index in [-0.39, 0.29) is 24.1 Å². The first-order valence-electron chi connectivity index (χ1n) is 11.4. The Morgan fingerprint density at radius 1 is 1.16 bits per heavy atom. The van der Waals surface area contributed by atoms with Gasteiger partial charge in [-0.1, -0.05) is 17.8 Å². The minimum Gasteiger partial charge on any atom is -0.436 e. The molecule has 0 unspecified atom stereocenters. The summed E-state index contributed by atoms with van der Waals surface area (Å²) in [6, 6.07) is 13.5. The highest BCUT2D eigenvalue weighted by Crippen LogP contribution is 2.42. The average molecular weight is 535 g/mol. The molecular weight excluding hydrogens is 511 g/mol. The van der Waals surface area contributed by atoms with E-state index >= 15 is 0 Å². The molecule has 0 saturated carbocycles. The number of fused-ring (bicyclic) bond motifs is 2. The van der Waals surface area contributed by atoms with E-state index in [0.29, 0.717) is 45.7 Å². The van der Waals surface area contributed by atoms with Crippen molar-refractivity contribution in [2.75, 3.05) is 17.3 Å². The van der Waals surface area contributed by atoms with Crippen LogP contribution in [0.5, 0.6) is 11.6 Å². The van der Waals surface area contributed by atoms with E-state index in [1.54, 1.807) is 30.1 Å². The van der Waals surface area contributed by atoms with Gasteiger partial charge in [-0.3, -0.25) is 9.78 Å². The largest absolute Gasteiger partial charge is 0.436 e. The molecule has 0 fully saturated rings. The first kappa shape index (κ1) is 25.2. The van der Waals surface area contributed by atoms with Gasteiger partial charge < -0.3 is 15.2 Å². The van der Waals surface area contributed by atoms with Gasteiger partial charge in [0.2, 0.25) is 11.8 Å². The minimum absolute atomic E-state index is 0.116. The second-order valence-electron chi connectivity index (χ2n) is 8.33. The molecule has 3 heterocycles. The van der Waals surface area contributed by atoms with Gasteiger partial charge in [-0.15, -0.1) is 11.8 Å². The molecule has 37 heavy (non-hydrogen) atoms. The van der Waals surface area contributed by atoms with Gasteiger partial charge in [0.25, 0.3) is 0 Å². The van der Waals surface area contributed by atoms with Crippen LogP contribution in [0.1, 0.15) is 22.4 Å². The van der Waals surface area contributed by atoms with E-state index in [0.717, 1.165) is 21.7 Å². The second-order valence-corrected chi connectivity index (χ2v) is 10.2. The summed E-state index contributed by atoms with van der Waals surface area (Å²) in [4.78, 5) is 27.5. The molecule has 188 valence electrons. The van der Waals surface area contributed by atoms with Crippen LogP contribution in [0.2, 0.25) is 0 Å². The van der Waals surface area contributed by atoms with E-state index in [2.05, 4.69) is 15.3 Å². The molecule has 7 nitrogen and oxygen atoms in total. The highest BCUT2D eigenvalue weighted by atomic mass is 32.2. The molecule has 0 radical (unpaired) electrons. The number of carbonyl (C=O) groups excluding carboxylic acids is 1. The van der Waals surface area contributed by atoms with Crippen LogP contribution in [-0.4, -0.2) is 38.0 Å². The molecule has 0 saturated heterocycles. The molecule has 10 heteroatoms. The summed E-state index contributed by atoms with van der Waals surface area (Å²) >= 11 is 2.88. The second kappa shape index (κ2) is 10.9.